The van der Waals surface area contributed by atoms with Crippen LogP contribution in [0.25, 0.3) is 11.1 Å². The van der Waals surface area contributed by atoms with Gasteiger partial charge in [-0.15, -0.1) is 0 Å². The van der Waals surface area contributed by atoms with E-state index in [2.05, 4.69) is 20.6 Å². The third-order valence-electron chi connectivity index (χ3n) is 5.43. The van der Waals surface area contributed by atoms with Gasteiger partial charge in [0.15, 0.2) is 0 Å². The number of nitrogens with zero attached hydrogens (tertiary/aromatic N) is 3. The molecule has 0 saturated carbocycles. The van der Waals surface area contributed by atoms with Gasteiger partial charge in [0, 0.05) is 43.5 Å². The third-order valence-corrected chi connectivity index (χ3v) is 5.43. The first-order valence-electron chi connectivity index (χ1n) is 9.39. The highest BCUT2D eigenvalue weighted by molar-refractivity contribution is 5.88. The minimum atomic E-state index is -0.187. The number of fused-ring (bicyclic) bond motifs is 1. The minimum Gasteiger partial charge on any atom is -0.381 e. The highest BCUT2D eigenvalue weighted by atomic mass is 19.1. The van der Waals surface area contributed by atoms with Gasteiger partial charge in [0.2, 0.25) is 0 Å². The predicted molar refractivity (Wildman–Crippen MR) is 103 cm³/mol. The van der Waals surface area contributed by atoms with Crippen molar-refractivity contribution in [2.24, 2.45) is 10.9 Å². The number of imidazole rings is 1. The quantitative estimate of drug-likeness (QED) is 0.890. The van der Waals surface area contributed by atoms with Crippen molar-refractivity contribution in [3.05, 3.63) is 58.9 Å². The number of hydrogen-bond acceptors (Lipinski definition) is 3. The lowest BCUT2D eigenvalue weighted by molar-refractivity contribution is 0.182. The van der Waals surface area contributed by atoms with Crippen molar-refractivity contribution in [3.8, 4) is 0 Å². The summed E-state index contributed by atoms with van der Waals surface area (Å²) in [6.07, 6.45) is 13.1. The Balaban J connectivity index is 1.74. The third kappa shape index (κ3) is 3.00. The second-order valence-electron chi connectivity index (χ2n) is 7.21. The molecule has 1 saturated heterocycles. The maximum atomic E-state index is 13.5. The zero-order valence-electron chi connectivity index (χ0n) is 15.0. The first-order chi connectivity index (χ1) is 13.3. The SMILES string of the molecule is FC1=CCC(=c2ncn(C[C@@H]3CCOC3)c2=C2CC=Nc3[nH]ccc32)C=C1. The fourth-order valence-electron chi connectivity index (χ4n) is 4.05. The zero-order chi connectivity index (χ0) is 18.2. The summed E-state index contributed by atoms with van der Waals surface area (Å²) in [5.74, 6) is 1.20. The molecule has 5 nitrogen and oxygen atoms in total. The Kier molecular flexibility index (Phi) is 4.13. The molecule has 0 bridgehead atoms. The van der Waals surface area contributed by atoms with Crippen molar-refractivity contribution in [2.75, 3.05) is 13.2 Å². The van der Waals surface area contributed by atoms with Gasteiger partial charge in [0.1, 0.15) is 11.6 Å². The first kappa shape index (κ1) is 16.4. The highest BCUT2D eigenvalue weighted by Crippen LogP contribution is 2.28. The van der Waals surface area contributed by atoms with E-state index in [-0.39, 0.29) is 5.83 Å². The van der Waals surface area contributed by atoms with Gasteiger partial charge in [-0.25, -0.2) is 14.4 Å². The van der Waals surface area contributed by atoms with Crippen LogP contribution in [-0.4, -0.2) is 34.0 Å². The van der Waals surface area contributed by atoms with Gasteiger partial charge in [-0.3, -0.25) is 0 Å². The van der Waals surface area contributed by atoms with Gasteiger partial charge in [0.05, 0.1) is 23.6 Å². The molecule has 0 amide bonds. The van der Waals surface area contributed by atoms with Crippen LogP contribution in [-0.2, 0) is 11.3 Å². The van der Waals surface area contributed by atoms with Crippen LogP contribution in [0, 0.1) is 5.92 Å². The number of hydrogen-bond donors (Lipinski definition) is 1. The molecule has 27 heavy (non-hydrogen) atoms. The van der Waals surface area contributed by atoms with Crippen molar-refractivity contribution in [1.82, 2.24) is 14.5 Å². The van der Waals surface area contributed by atoms with Crippen molar-refractivity contribution in [2.45, 2.75) is 25.8 Å². The Morgan fingerprint density at radius 2 is 2.26 bits per heavy atom. The van der Waals surface area contributed by atoms with Gasteiger partial charge in [-0.2, -0.15) is 0 Å². The van der Waals surface area contributed by atoms with Crippen molar-refractivity contribution in [3.63, 3.8) is 0 Å². The van der Waals surface area contributed by atoms with Crippen LogP contribution in [0.2, 0.25) is 0 Å². The van der Waals surface area contributed by atoms with Crippen molar-refractivity contribution < 1.29 is 9.13 Å². The maximum absolute atomic E-state index is 13.5. The molecule has 0 aromatic carbocycles. The maximum Gasteiger partial charge on any atom is 0.137 e. The first-order valence-corrected chi connectivity index (χ1v) is 9.39. The van der Waals surface area contributed by atoms with E-state index in [4.69, 9.17) is 9.72 Å². The molecule has 1 atom stereocenters. The summed E-state index contributed by atoms with van der Waals surface area (Å²) >= 11 is 0. The van der Waals surface area contributed by atoms with E-state index in [0.29, 0.717) is 12.3 Å². The molecule has 3 aliphatic rings. The van der Waals surface area contributed by atoms with Crippen LogP contribution in [0.1, 0.15) is 24.8 Å². The summed E-state index contributed by atoms with van der Waals surface area (Å²) < 4.78 is 21.3. The number of aromatic nitrogens is 3. The average molecular weight is 364 g/mol. The Labute approximate surface area is 156 Å². The number of allylic oxidation sites excluding steroid dienone is 4. The van der Waals surface area contributed by atoms with Gasteiger partial charge in [0.25, 0.3) is 0 Å². The summed E-state index contributed by atoms with van der Waals surface area (Å²) in [7, 11) is 0. The van der Waals surface area contributed by atoms with E-state index < -0.39 is 0 Å². The van der Waals surface area contributed by atoms with Crippen molar-refractivity contribution >= 4 is 23.2 Å². The number of rotatable bonds is 2. The van der Waals surface area contributed by atoms with Gasteiger partial charge >= 0.3 is 0 Å². The Morgan fingerprint density at radius 3 is 3.07 bits per heavy atom. The fourth-order valence-corrected chi connectivity index (χ4v) is 4.05. The number of halogens is 1. The Bertz CT molecular complexity index is 1080. The monoisotopic (exact) mass is 364 g/mol. The van der Waals surface area contributed by atoms with Crippen LogP contribution < -0.4 is 10.7 Å². The summed E-state index contributed by atoms with van der Waals surface area (Å²) in [6.45, 7) is 2.50. The van der Waals surface area contributed by atoms with E-state index in [0.717, 1.165) is 60.3 Å². The average Bonchev–Trinajstić information content (AvgIpc) is 3.43. The minimum absolute atomic E-state index is 0.187. The molecule has 4 heterocycles. The van der Waals surface area contributed by atoms with Crippen molar-refractivity contribution in [1.29, 1.82) is 0 Å². The van der Waals surface area contributed by atoms with Gasteiger partial charge in [-0.1, -0.05) is 6.08 Å². The molecule has 2 aromatic rings. The molecule has 1 fully saturated rings. The molecule has 1 N–H and O–H groups in total. The number of ether oxygens (including phenoxy) is 1. The fraction of sp³-hybridized carbons (Fsp3) is 0.333. The van der Waals surface area contributed by atoms with E-state index >= 15 is 0 Å². The lowest BCUT2D eigenvalue weighted by atomic mass is 10.0. The summed E-state index contributed by atoms with van der Waals surface area (Å²) in [4.78, 5) is 12.4. The molecule has 2 aromatic heterocycles. The molecule has 0 spiro atoms. The van der Waals surface area contributed by atoms with Crippen LogP contribution in [0.15, 0.2) is 47.6 Å². The summed E-state index contributed by atoms with van der Waals surface area (Å²) in [5, 5.41) is 2.05. The normalized spacial score (nSPS) is 25.7. The smallest absolute Gasteiger partial charge is 0.137 e. The predicted octanol–water partition coefficient (Wildman–Crippen LogP) is 2.52. The zero-order valence-corrected chi connectivity index (χ0v) is 15.0. The molecule has 6 heteroatoms. The molecular weight excluding hydrogens is 343 g/mol. The molecule has 5 rings (SSSR count). The lowest BCUT2D eigenvalue weighted by Crippen LogP contribution is -2.36. The number of aromatic amines is 1. The topological polar surface area (TPSA) is 55.2 Å². The van der Waals surface area contributed by atoms with E-state index in [9.17, 15) is 4.39 Å². The van der Waals surface area contributed by atoms with Crippen LogP contribution in [0.5, 0.6) is 0 Å². The van der Waals surface area contributed by atoms with E-state index in [1.807, 2.05) is 24.8 Å². The second kappa shape index (κ2) is 6.78. The molecule has 0 radical (unpaired) electrons. The summed E-state index contributed by atoms with van der Waals surface area (Å²) in [6, 6.07) is 2.07. The standard InChI is InChI=1S/C21H21FN4O/c22-16-3-1-15(2-4-16)19-20(17-5-8-23-21-18(17)6-9-24-21)26(13-25-19)11-14-7-10-27-12-14/h1,3-4,6,8-9,13-14,24H,2,5,7,10-12H2/t14-/m0/s1. The lowest BCUT2D eigenvalue weighted by Gasteiger charge is -2.14. The Morgan fingerprint density at radius 1 is 1.30 bits per heavy atom. The number of H-pyrrole nitrogens is 1. The van der Waals surface area contributed by atoms with Gasteiger partial charge < -0.3 is 14.3 Å². The molecule has 138 valence electrons. The number of nitrogens with one attached hydrogen (secondary N) is 1. The van der Waals surface area contributed by atoms with E-state index in [1.54, 1.807) is 6.08 Å². The number of aliphatic imine (C=N–C) groups is 1. The van der Waals surface area contributed by atoms with Gasteiger partial charge in [-0.05, 0) is 42.2 Å². The largest absolute Gasteiger partial charge is 0.381 e. The molecule has 2 aliphatic heterocycles. The van der Waals surface area contributed by atoms with Crippen LogP contribution >= 0.6 is 0 Å². The molecule has 0 unspecified atom stereocenters. The highest BCUT2D eigenvalue weighted by Gasteiger charge is 2.20. The summed E-state index contributed by atoms with van der Waals surface area (Å²) in [5.41, 5.74) is 3.37. The van der Waals surface area contributed by atoms with E-state index in [1.165, 1.54) is 11.6 Å². The van der Waals surface area contributed by atoms with Crippen LogP contribution in [0.3, 0.4) is 0 Å². The molecule has 1 aliphatic carbocycles. The molecular formula is C21H21FN4O. The Hall–Kier alpha value is -2.73. The van der Waals surface area contributed by atoms with Crippen LogP contribution in [0.4, 0.5) is 10.2 Å². The second-order valence-corrected chi connectivity index (χ2v) is 7.21.